The summed E-state index contributed by atoms with van der Waals surface area (Å²) in [5.41, 5.74) is 3.23. The molecule has 0 aliphatic carbocycles. The molecule has 2 amide bonds. The highest BCUT2D eigenvalue weighted by molar-refractivity contribution is 5.99. The summed E-state index contributed by atoms with van der Waals surface area (Å²) in [4.78, 5) is 26.7. The first-order chi connectivity index (χ1) is 16.5. The van der Waals surface area contributed by atoms with Crippen LogP contribution in [0, 0.1) is 13.8 Å². The van der Waals surface area contributed by atoms with Crippen molar-refractivity contribution < 1.29 is 23.8 Å². The van der Waals surface area contributed by atoms with E-state index in [0.717, 1.165) is 16.9 Å². The van der Waals surface area contributed by atoms with E-state index in [2.05, 4.69) is 5.32 Å². The standard InChI is InChI=1S/C27H28N2O5/c1-19-9-10-20(2)25(15-19)33-17-26(30)28-21-11-12-24-23(16-21)29(27(31)18-34-24)13-6-14-32-22-7-4-3-5-8-22/h3-5,7-12,15-16H,6,13-14,17-18H2,1-2H3,(H,28,30). The maximum atomic E-state index is 12.5. The highest BCUT2D eigenvalue weighted by atomic mass is 16.5. The monoisotopic (exact) mass is 460 g/mol. The number of para-hydroxylation sites is 1. The third-order valence-corrected chi connectivity index (χ3v) is 5.43. The van der Waals surface area contributed by atoms with Crippen LogP contribution in [0.1, 0.15) is 17.5 Å². The number of benzene rings is 3. The third kappa shape index (κ3) is 5.86. The van der Waals surface area contributed by atoms with Gasteiger partial charge in [-0.3, -0.25) is 9.59 Å². The van der Waals surface area contributed by atoms with Gasteiger partial charge in [0.15, 0.2) is 13.2 Å². The summed E-state index contributed by atoms with van der Waals surface area (Å²) in [6.07, 6.45) is 0.653. The lowest BCUT2D eigenvalue weighted by molar-refractivity contribution is -0.121. The third-order valence-electron chi connectivity index (χ3n) is 5.43. The second kappa shape index (κ2) is 10.7. The van der Waals surface area contributed by atoms with Crippen molar-refractivity contribution >= 4 is 23.2 Å². The minimum Gasteiger partial charge on any atom is -0.494 e. The van der Waals surface area contributed by atoms with Crippen LogP contribution in [-0.4, -0.2) is 38.2 Å². The molecule has 0 aromatic heterocycles. The van der Waals surface area contributed by atoms with Gasteiger partial charge in [-0.15, -0.1) is 0 Å². The zero-order chi connectivity index (χ0) is 23.9. The van der Waals surface area contributed by atoms with Gasteiger partial charge in [-0.05, 0) is 67.8 Å². The van der Waals surface area contributed by atoms with Gasteiger partial charge >= 0.3 is 0 Å². The Morgan fingerprint density at radius 3 is 2.68 bits per heavy atom. The minimum absolute atomic E-state index is 0.0120. The second-order valence-corrected chi connectivity index (χ2v) is 8.14. The second-order valence-electron chi connectivity index (χ2n) is 8.14. The van der Waals surface area contributed by atoms with Gasteiger partial charge in [-0.25, -0.2) is 0 Å². The van der Waals surface area contributed by atoms with Crippen molar-refractivity contribution in [1.82, 2.24) is 0 Å². The van der Waals surface area contributed by atoms with Gasteiger partial charge in [0, 0.05) is 12.2 Å². The van der Waals surface area contributed by atoms with E-state index >= 15 is 0 Å². The molecule has 0 spiro atoms. The number of hydrogen-bond donors (Lipinski definition) is 1. The Morgan fingerprint density at radius 2 is 1.85 bits per heavy atom. The Bertz CT molecular complexity index is 1160. The van der Waals surface area contributed by atoms with E-state index in [1.807, 2.05) is 62.4 Å². The SMILES string of the molecule is Cc1ccc(C)c(OCC(=O)Nc2ccc3c(c2)N(CCCOc2ccccc2)C(=O)CO3)c1. The summed E-state index contributed by atoms with van der Waals surface area (Å²) in [5.74, 6) is 1.67. The van der Waals surface area contributed by atoms with Crippen molar-refractivity contribution in [1.29, 1.82) is 0 Å². The number of amides is 2. The van der Waals surface area contributed by atoms with E-state index in [1.54, 1.807) is 23.1 Å². The Morgan fingerprint density at radius 1 is 1.03 bits per heavy atom. The van der Waals surface area contributed by atoms with Gasteiger partial charge in [-0.1, -0.05) is 30.3 Å². The minimum atomic E-state index is -0.285. The number of anilines is 2. The van der Waals surface area contributed by atoms with Crippen LogP contribution in [0.4, 0.5) is 11.4 Å². The maximum Gasteiger partial charge on any atom is 0.265 e. The normalized spacial score (nSPS) is 12.5. The predicted octanol–water partition coefficient (Wildman–Crippen LogP) is 4.52. The average molecular weight is 461 g/mol. The quantitative estimate of drug-likeness (QED) is 0.475. The van der Waals surface area contributed by atoms with Gasteiger partial charge in [-0.2, -0.15) is 0 Å². The lowest BCUT2D eigenvalue weighted by Gasteiger charge is -2.30. The number of aryl methyl sites for hydroxylation is 2. The first kappa shape index (κ1) is 23.2. The lowest BCUT2D eigenvalue weighted by atomic mass is 10.1. The molecule has 176 valence electrons. The Hall–Kier alpha value is -4.00. The number of hydrogen-bond acceptors (Lipinski definition) is 5. The summed E-state index contributed by atoms with van der Waals surface area (Å²) in [6.45, 7) is 4.75. The molecule has 0 radical (unpaired) electrons. The largest absolute Gasteiger partial charge is 0.494 e. The molecule has 3 aromatic rings. The molecule has 1 heterocycles. The highest BCUT2D eigenvalue weighted by Gasteiger charge is 2.25. The van der Waals surface area contributed by atoms with Gasteiger partial charge in [0.05, 0.1) is 12.3 Å². The molecular weight excluding hydrogens is 432 g/mol. The van der Waals surface area contributed by atoms with Crippen LogP contribution in [-0.2, 0) is 9.59 Å². The zero-order valence-electron chi connectivity index (χ0n) is 19.4. The molecule has 7 heteroatoms. The van der Waals surface area contributed by atoms with Crippen LogP contribution in [0.5, 0.6) is 17.2 Å². The molecule has 0 atom stereocenters. The van der Waals surface area contributed by atoms with Crippen molar-refractivity contribution in [2.75, 3.05) is 36.6 Å². The van der Waals surface area contributed by atoms with E-state index in [1.165, 1.54) is 0 Å². The first-order valence-electron chi connectivity index (χ1n) is 11.2. The van der Waals surface area contributed by atoms with Crippen LogP contribution in [0.3, 0.4) is 0 Å². The molecule has 0 saturated heterocycles. The molecule has 34 heavy (non-hydrogen) atoms. The van der Waals surface area contributed by atoms with Gasteiger partial charge in [0.2, 0.25) is 0 Å². The lowest BCUT2D eigenvalue weighted by Crippen LogP contribution is -2.39. The van der Waals surface area contributed by atoms with E-state index < -0.39 is 0 Å². The summed E-state index contributed by atoms with van der Waals surface area (Å²) >= 11 is 0. The highest BCUT2D eigenvalue weighted by Crippen LogP contribution is 2.34. The number of nitrogens with zero attached hydrogens (tertiary/aromatic N) is 1. The molecule has 0 unspecified atom stereocenters. The molecular formula is C27H28N2O5. The van der Waals surface area contributed by atoms with Crippen molar-refractivity contribution in [3.8, 4) is 17.2 Å². The smallest absolute Gasteiger partial charge is 0.265 e. The number of nitrogens with one attached hydrogen (secondary N) is 1. The fraction of sp³-hybridized carbons (Fsp3) is 0.259. The van der Waals surface area contributed by atoms with Gasteiger partial charge in [0.1, 0.15) is 17.2 Å². The van der Waals surface area contributed by atoms with Crippen LogP contribution >= 0.6 is 0 Å². The van der Waals surface area contributed by atoms with E-state index in [9.17, 15) is 9.59 Å². The molecule has 1 aliphatic heterocycles. The van der Waals surface area contributed by atoms with Crippen LogP contribution in [0.2, 0.25) is 0 Å². The summed E-state index contributed by atoms with van der Waals surface area (Å²) in [6, 6.07) is 20.7. The molecule has 0 bridgehead atoms. The molecule has 0 saturated carbocycles. The van der Waals surface area contributed by atoms with Gasteiger partial charge < -0.3 is 24.4 Å². The average Bonchev–Trinajstić information content (AvgIpc) is 2.84. The van der Waals surface area contributed by atoms with E-state index in [4.69, 9.17) is 14.2 Å². The first-order valence-corrected chi connectivity index (χ1v) is 11.2. The Kier molecular flexibility index (Phi) is 7.32. The fourth-order valence-corrected chi connectivity index (χ4v) is 3.66. The number of fused-ring (bicyclic) bond motifs is 1. The predicted molar refractivity (Wildman–Crippen MR) is 131 cm³/mol. The molecule has 4 rings (SSSR count). The Labute approximate surface area is 199 Å². The van der Waals surface area contributed by atoms with Crippen molar-refractivity contribution in [2.24, 2.45) is 0 Å². The van der Waals surface area contributed by atoms with Crippen molar-refractivity contribution in [3.63, 3.8) is 0 Å². The van der Waals surface area contributed by atoms with Crippen LogP contribution in [0.15, 0.2) is 66.7 Å². The van der Waals surface area contributed by atoms with Crippen LogP contribution < -0.4 is 24.4 Å². The summed E-state index contributed by atoms with van der Waals surface area (Å²) in [5, 5.41) is 2.84. The zero-order valence-corrected chi connectivity index (χ0v) is 19.4. The van der Waals surface area contributed by atoms with E-state index in [-0.39, 0.29) is 25.0 Å². The number of carbonyl (C=O) groups is 2. The number of ether oxygens (including phenoxy) is 3. The summed E-state index contributed by atoms with van der Waals surface area (Å²) in [7, 11) is 0. The molecule has 0 fully saturated rings. The topological polar surface area (TPSA) is 77.1 Å². The van der Waals surface area contributed by atoms with E-state index in [0.29, 0.717) is 42.4 Å². The number of rotatable bonds is 9. The van der Waals surface area contributed by atoms with Crippen LogP contribution in [0.25, 0.3) is 0 Å². The molecule has 3 aromatic carbocycles. The van der Waals surface area contributed by atoms with Gasteiger partial charge in [0.25, 0.3) is 11.8 Å². The molecule has 1 aliphatic rings. The fourth-order valence-electron chi connectivity index (χ4n) is 3.66. The summed E-state index contributed by atoms with van der Waals surface area (Å²) < 4.78 is 17.0. The number of carbonyl (C=O) groups excluding carboxylic acids is 2. The molecule has 7 nitrogen and oxygen atoms in total. The molecule has 1 N–H and O–H groups in total. The van der Waals surface area contributed by atoms with Crippen molar-refractivity contribution in [2.45, 2.75) is 20.3 Å². The van der Waals surface area contributed by atoms with Crippen molar-refractivity contribution in [3.05, 3.63) is 77.9 Å². The Balaban J connectivity index is 1.36. The maximum absolute atomic E-state index is 12.5.